The lowest BCUT2D eigenvalue weighted by atomic mass is 10.2. The fourth-order valence-electron chi connectivity index (χ4n) is 1.77. The summed E-state index contributed by atoms with van der Waals surface area (Å²) in [5, 5.41) is 6.54. The summed E-state index contributed by atoms with van der Waals surface area (Å²) in [6.45, 7) is 2.63. The molecule has 0 spiro atoms. The van der Waals surface area contributed by atoms with E-state index in [1.807, 2.05) is 6.92 Å². The number of nitrogens with one attached hydrogen (secondary N) is 2. The quantitative estimate of drug-likeness (QED) is 0.788. The van der Waals surface area contributed by atoms with Gasteiger partial charge in [-0.3, -0.25) is 9.78 Å². The van der Waals surface area contributed by atoms with Crippen LogP contribution in [0.25, 0.3) is 0 Å². The fourth-order valence-corrected chi connectivity index (χ4v) is 3.07. The van der Waals surface area contributed by atoms with Crippen LogP contribution in [0.2, 0.25) is 10.0 Å². The molecule has 4 nitrogen and oxygen atoms in total. The van der Waals surface area contributed by atoms with Crippen LogP contribution in [0.4, 0.5) is 11.4 Å². The van der Waals surface area contributed by atoms with Gasteiger partial charge in [-0.2, -0.15) is 0 Å². The Kier molecular flexibility index (Phi) is 5.45. The predicted molar refractivity (Wildman–Crippen MR) is 90.5 cm³/mol. The summed E-state index contributed by atoms with van der Waals surface area (Å²) in [6, 6.07) is 4.97. The first-order valence-electron chi connectivity index (χ1n) is 6.16. The molecule has 0 fully saturated rings. The summed E-state index contributed by atoms with van der Waals surface area (Å²) >= 11 is 15.5. The molecule has 21 heavy (non-hydrogen) atoms. The Morgan fingerprint density at radius 2 is 2.00 bits per heavy atom. The lowest BCUT2D eigenvalue weighted by Gasteiger charge is -2.12. The zero-order valence-corrected chi connectivity index (χ0v) is 14.2. The highest BCUT2D eigenvalue weighted by molar-refractivity contribution is 9.10. The van der Waals surface area contributed by atoms with Crippen molar-refractivity contribution in [2.24, 2.45) is 0 Å². The molecule has 2 aromatic rings. The minimum atomic E-state index is -0.306. The summed E-state index contributed by atoms with van der Waals surface area (Å²) in [5.74, 6) is -0.306. The molecule has 1 amide bonds. The molecule has 110 valence electrons. The van der Waals surface area contributed by atoms with E-state index in [9.17, 15) is 4.79 Å². The van der Waals surface area contributed by atoms with Gasteiger partial charge in [-0.25, -0.2) is 0 Å². The van der Waals surface area contributed by atoms with Gasteiger partial charge < -0.3 is 10.6 Å². The van der Waals surface area contributed by atoms with Gasteiger partial charge in [-0.1, -0.05) is 39.1 Å². The zero-order chi connectivity index (χ0) is 15.4. The molecule has 7 heteroatoms. The summed E-state index contributed by atoms with van der Waals surface area (Å²) in [5.41, 5.74) is 1.51. The van der Waals surface area contributed by atoms with E-state index in [2.05, 4.69) is 31.5 Å². The Morgan fingerprint density at radius 1 is 1.33 bits per heavy atom. The molecule has 0 aliphatic heterocycles. The van der Waals surface area contributed by atoms with Gasteiger partial charge in [0.1, 0.15) is 0 Å². The number of carbonyl (C=O) groups excluding carboxylic acids is 1. The van der Waals surface area contributed by atoms with Gasteiger partial charge >= 0.3 is 0 Å². The summed E-state index contributed by atoms with van der Waals surface area (Å²) < 4.78 is 0.743. The van der Waals surface area contributed by atoms with Gasteiger partial charge in [0.25, 0.3) is 5.91 Å². The maximum absolute atomic E-state index is 12.4. The number of benzene rings is 1. The van der Waals surface area contributed by atoms with Crippen molar-refractivity contribution in [1.29, 1.82) is 0 Å². The molecule has 0 atom stereocenters. The average molecular weight is 389 g/mol. The van der Waals surface area contributed by atoms with Crippen molar-refractivity contribution in [2.75, 3.05) is 17.2 Å². The van der Waals surface area contributed by atoms with Gasteiger partial charge in [0.05, 0.1) is 33.2 Å². The topological polar surface area (TPSA) is 54.0 Å². The van der Waals surface area contributed by atoms with Crippen molar-refractivity contribution in [2.45, 2.75) is 6.92 Å². The van der Waals surface area contributed by atoms with Crippen LogP contribution < -0.4 is 10.6 Å². The van der Waals surface area contributed by atoms with Crippen molar-refractivity contribution in [1.82, 2.24) is 4.98 Å². The van der Waals surface area contributed by atoms with E-state index in [0.717, 1.165) is 4.47 Å². The number of hydrogen-bond acceptors (Lipinski definition) is 3. The first-order valence-corrected chi connectivity index (χ1v) is 7.71. The Labute approximate surface area is 141 Å². The molecule has 0 saturated carbocycles. The number of hydrogen-bond donors (Lipinski definition) is 2. The molecular weight excluding hydrogens is 377 g/mol. The summed E-state index contributed by atoms with van der Waals surface area (Å²) in [4.78, 5) is 16.4. The van der Waals surface area contributed by atoms with Crippen molar-refractivity contribution >= 4 is 56.4 Å². The molecule has 2 rings (SSSR count). The van der Waals surface area contributed by atoms with Crippen molar-refractivity contribution in [3.05, 3.63) is 50.7 Å². The lowest BCUT2D eigenvalue weighted by molar-refractivity contribution is 0.102. The standard InChI is InChI=1S/C14H12BrCl2N3O/c1-2-19-12-7-18-4-3-9(12)14(21)20-13-10(16)5-8(15)6-11(13)17/h3-7,19H,2H2,1H3,(H,20,21). The van der Waals surface area contributed by atoms with E-state index in [4.69, 9.17) is 23.2 Å². The molecule has 2 N–H and O–H groups in total. The second-order valence-corrected chi connectivity index (χ2v) is 5.88. The normalized spacial score (nSPS) is 10.3. The van der Waals surface area contributed by atoms with Gasteiger partial charge in [-0.15, -0.1) is 0 Å². The number of nitrogens with zero attached hydrogens (tertiary/aromatic N) is 1. The molecule has 0 aliphatic rings. The maximum Gasteiger partial charge on any atom is 0.257 e. The molecule has 0 radical (unpaired) electrons. The van der Waals surface area contributed by atoms with Crippen LogP contribution in [0.1, 0.15) is 17.3 Å². The molecule has 1 heterocycles. The second kappa shape index (κ2) is 7.11. The molecular formula is C14H12BrCl2N3O. The van der Waals surface area contributed by atoms with E-state index >= 15 is 0 Å². The molecule has 0 bridgehead atoms. The minimum absolute atomic E-state index is 0.306. The second-order valence-electron chi connectivity index (χ2n) is 4.15. The third kappa shape index (κ3) is 3.87. The Hall–Kier alpha value is -1.30. The Morgan fingerprint density at radius 3 is 2.62 bits per heavy atom. The van der Waals surface area contributed by atoms with Crippen LogP contribution in [0.15, 0.2) is 35.1 Å². The number of carbonyl (C=O) groups is 1. The Bertz CT molecular complexity index is 656. The van der Waals surface area contributed by atoms with Gasteiger partial charge in [0.2, 0.25) is 0 Å². The number of anilines is 2. The average Bonchev–Trinajstić information content (AvgIpc) is 2.43. The van der Waals surface area contributed by atoms with E-state index < -0.39 is 0 Å². The van der Waals surface area contributed by atoms with Crippen LogP contribution in [0.3, 0.4) is 0 Å². The third-order valence-electron chi connectivity index (χ3n) is 2.68. The fraction of sp³-hybridized carbons (Fsp3) is 0.143. The van der Waals surface area contributed by atoms with Gasteiger partial charge in [0.15, 0.2) is 0 Å². The van der Waals surface area contributed by atoms with Crippen molar-refractivity contribution in [3.8, 4) is 0 Å². The third-order valence-corrected chi connectivity index (χ3v) is 3.73. The largest absolute Gasteiger partial charge is 0.383 e. The number of amides is 1. The van der Waals surface area contributed by atoms with Crippen LogP contribution in [-0.4, -0.2) is 17.4 Å². The molecule has 0 unspecified atom stereocenters. The van der Waals surface area contributed by atoms with Crippen molar-refractivity contribution < 1.29 is 4.79 Å². The maximum atomic E-state index is 12.4. The van der Waals surface area contributed by atoms with Crippen LogP contribution in [0.5, 0.6) is 0 Å². The number of halogens is 3. The molecule has 1 aromatic heterocycles. The monoisotopic (exact) mass is 387 g/mol. The van der Waals surface area contributed by atoms with E-state index in [0.29, 0.717) is 33.5 Å². The number of pyridine rings is 1. The first kappa shape index (κ1) is 16.1. The van der Waals surface area contributed by atoms with Gasteiger partial charge in [-0.05, 0) is 25.1 Å². The number of aromatic nitrogens is 1. The molecule has 1 aromatic carbocycles. The highest BCUT2D eigenvalue weighted by Crippen LogP contribution is 2.34. The van der Waals surface area contributed by atoms with Crippen LogP contribution >= 0.6 is 39.1 Å². The van der Waals surface area contributed by atoms with Crippen LogP contribution in [-0.2, 0) is 0 Å². The first-order chi connectivity index (χ1) is 10.0. The summed E-state index contributed by atoms with van der Waals surface area (Å²) in [6.07, 6.45) is 3.16. The number of rotatable bonds is 4. The molecule has 0 aliphatic carbocycles. The minimum Gasteiger partial charge on any atom is -0.383 e. The molecule has 0 saturated heterocycles. The van der Waals surface area contributed by atoms with E-state index in [1.165, 1.54) is 0 Å². The Balaban J connectivity index is 2.31. The van der Waals surface area contributed by atoms with Gasteiger partial charge in [0, 0.05) is 17.2 Å². The zero-order valence-electron chi connectivity index (χ0n) is 11.1. The van der Waals surface area contributed by atoms with Crippen molar-refractivity contribution in [3.63, 3.8) is 0 Å². The van der Waals surface area contributed by atoms with E-state index in [1.54, 1.807) is 30.6 Å². The van der Waals surface area contributed by atoms with E-state index in [-0.39, 0.29) is 5.91 Å². The SMILES string of the molecule is CCNc1cnccc1C(=O)Nc1c(Cl)cc(Br)cc1Cl. The highest BCUT2D eigenvalue weighted by atomic mass is 79.9. The van der Waals surface area contributed by atoms with Crippen LogP contribution in [0, 0.1) is 0 Å². The smallest absolute Gasteiger partial charge is 0.257 e. The predicted octanol–water partition coefficient (Wildman–Crippen LogP) is 4.84. The highest BCUT2D eigenvalue weighted by Gasteiger charge is 2.15. The lowest BCUT2D eigenvalue weighted by Crippen LogP contribution is -2.15. The summed E-state index contributed by atoms with van der Waals surface area (Å²) in [7, 11) is 0.